The van der Waals surface area contributed by atoms with Gasteiger partial charge in [-0.05, 0) is 32.0 Å². The lowest BCUT2D eigenvalue weighted by molar-refractivity contribution is -0.117. The van der Waals surface area contributed by atoms with Gasteiger partial charge in [0.1, 0.15) is 0 Å². The third-order valence-corrected chi connectivity index (χ3v) is 2.89. The number of carbonyl (C=O) groups is 1. The van der Waals surface area contributed by atoms with E-state index in [0.29, 0.717) is 6.42 Å². The highest BCUT2D eigenvalue weighted by Gasteiger charge is 2.24. The Balaban J connectivity index is 2.55. The molecule has 0 saturated carbocycles. The quantitative estimate of drug-likeness (QED) is 0.733. The van der Waals surface area contributed by atoms with Gasteiger partial charge < -0.3 is 10.6 Å². The van der Waals surface area contributed by atoms with Crippen LogP contribution < -0.4 is 10.6 Å². The third kappa shape index (κ3) is 1.75. The monoisotopic (exact) mass is 204 g/mol. The van der Waals surface area contributed by atoms with Crippen LogP contribution in [0.15, 0.2) is 12.1 Å². The lowest BCUT2D eigenvalue weighted by atomic mass is 9.93. The number of amides is 1. The molecule has 1 unspecified atom stereocenters. The molecule has 3 nitrogen and oxygen atoms in total. The van der Waals surface area contributed by atoms with Crippen molar-refractivity contribution in [2.45, 2.75) is 26.3 Å². The summed E-state index contributed by atoms with van der Waals surface area (Å²) in [7, 11) is 1.89. The second kappa shape index (κ2) is 3.66. The zero-order valence-corrected chi connectivity index (χ0v) is 9.35. The van der Waals surface area contributed by atoms with Gasteiger partial charge in [0.25, 0.3) is 0 Å². The van der Waals surface area contributed by atoms with E-state index in [-0.39, 0.29) is 11.9 Å². The minimum Gasteiger partial charge on any atom is -0.325 e. The summed E-state index contributed by atoms with van der Waals surface area (Å²) in [6, 6.07) is 4.38. The molecule has 2 N–H and O–H groups in total. The maximum Gasteiger partial charge on any atom is 0.226 e. The zero-order chi connectivity index (χ0) is 11.0. The minimum absolute atomic E-state index is 0.0915. The SMILES string of the molecule is CNC1CC(=O)Nc2c(C)cc(C)cc21. The van der Waals surface area contributed by atoms with Gasteiger partial charge in [0.05, 0.1) is 0 Å². The van der Waals surface area contributed by atoms with Crippen LogP contribution in [0.25, 0.3) is 0 Å². The Morgan fingerprint density at radius 2 is 2.13 bits per heavy atom. The molecule has 0 saturated heterocycles. The maximum absolute atomic E-state index is 11.5. The highest BCUT2D eigenvalue weighted by atomic mass is 16.1. The summed E-state index contributed by atoms with van der Waals surface area (Å²) in [6.45, 7) is 4.11. The second-order valence-electron chi connectivity index (χ2n) is 4.14. The fourth-order valence-corrected chi connectivity index (χ4v) is 2.19. The van der Waals surface area contributed by atoms with Crippen molar-refractivity contribution in [2.75, 3.05) is 12.4 Å². The number of fused-ring (bicyclic) bond motifs is 1. The van der Waals surface area contributed by atoms with E-state index in [1.54, 1.807) is 0 Å². The molecule has 1 aliphatic rings. The summed E-state index contributed by atoms with van der Waals surface area (Å²) >= 11 is 0. The summed E-state index contributed by atoms with van der Waals surface area (Å²) < 4.78 is 0. The Morgan fingerprint density at radius 3 is 2.80 bits per heavy atom. The Labute approximate surface area is 89.9 Å². The maximum atomic E-state index is 11.5. The molecule has 15 heavy (non-hydrogen) atoms. The van der Waals surface area contributed by atoms with Crippen molar-refractivity contribution >= 4 is 11.6 Å². The average Bonchev–Trinajstić information content (AvgIpc) is 2.18. The average molecular weight is 204 g/mol. The second-order valence-corrected chi connectivity index (χ2v) is 4.14. The Hall–Kier alpha value is -1.35. The van der Waals surface area contributed by atoms with Crippen LogP contribution in [-0.2, 0) is 4.79 Å². The smallest absolute Gasteiger partial charge is 0.226 e. The lowest BCUT2D eigenvalue weighted by Crippen LogP contribution is -2.30. The van der Waals surface area contributed by atoms with Crippen molar-refractivity contribution in [1.82, 2.24) is 5.32 Å². The van der Waals surface area contributed by atoms with Gasteiger partial charge in [-0.2, -0.15) is 0 Å². The fraction of sp³-hybridized carbons (Fsp3) is 0.417. The van der Waals surface area contributed by atoms with Gasteiger partial charge >= 0.3 is 0 Å². The first kappa shape index (κ1) is 10.2. The molecule has 2 rings (SSSR count). The van der Waals surface area contributed by atoms with Crippen LogP contribution in [0.5, 0.6) is 0 Å². The van der Waals surface area contributed by atoms with Crippen LogP contribution in [0.4, 0.5) is 5.69 Å². The molecule has 1 heterocycles. The molecule has 3 heteroatoms. The first-order chi connectivity index (χ1) is 7.11. The predicted molar refractivity (Wildman–Crippen MR) is 61.0 cm³/mol. The number of nitrogens with one attached hydrogen (secondary N) is 2. The molecule has 0 spiro atoms. The van der Waals surface area contributed by atoms with E-state index >= 15 is 0 Å². The Bertz CT molecular complexity index is 412. The van der Waals surface area contributed by atoms with Crippen molar-refractivity contribution in [3.05, 3.63) is 28.8 Å². The first-order valence-electron chi connectivity index (χ1n) is 5.20. The van der Waals surface area contributed by atoms with Gasteiger partial charge in [-0.1, -0.05) is 17.7 Å². The number of aryl methyl sites for hydroxylation is 2. The van der Waals surface area contributed by atoms with Crippen LogP contribution in [0.2, 0.25) is 0 Å². The first-order valence-corrected chi connectivity index (χ1v) is 5.20. The molecule has 0 aromatic heterocycles. The molecule has 1 atom stereocenters. The lowest BCUT2D eigenvalue weighted by Gasteiger charge is -2.27. The number of hydrogen-bond acceptors (Lipinski definition) is 2. The summed E-state index contributed by atoms with van der Waals surface area (Å²) in [5, 5.41) is 6.12. The molecule has 1 aromatic carbocycles. The topological polar surface area (TPSA) is 41.1 Å². The van der Waals surface area contributed by atoms with Crippen LogP contribution in [0, 0.1) is 13.8 Å². The van der Waals surface area contributed by atoms with Gasteiger partial charge in [-0.15, -0.1) is 0 Å². The van der Waals surface area contributed by atoms with Crippen molar-refractivity contribution < 1.29 is 4.79 Å². The highest BCUT2D eigenvalue weighted by Crippen LogP contribution is 2.33. The molecule has 0 fully saturated rings. The zero-order valence-electron chi connectivity index (χ0n) is 9.35. The van der Waals surface area contributed by atoms with Gasteiger partial charge in [-0.3, -0.25) is 4.79 Å². The van der Waals surface area contributed by atoms with Crippen LogP contribution >= 0.6 is 0 Å². The van der Waals surface area contributed by atoms with Gasteiger partial charge in [0.15, 0.2) is 0 Å². The fourth-order valence-electron chi connectivity index (χ4n) is 2.19. The molecular weight excluding hydrogens is 188 g/mol. The van der Waals surface area contributed by atoms with Gasteiger partial charge in [-0.25, -0.2) is 0 Å². The summed E-state index contributed by atoms with van der Waals surface area (Å²) in [5.74, 6) is 0.0915. The van der Waals surface area contributed by atoms with E-state index in [1.807, 2.05) is 14.0 Å². The molecular formula is C12H16N2O. The van der Waals surface area contributed by atoms with E-state index in [9.17, 15) is 4.79 Å². The highest BCUT2D eigenvalue weighted by molar-refractivity contribution is 5.95. The number of benzene rings is 1. The standard InChI is InChI=1S/C12H16N2O/c1-7-4-8(2)12-9(5-7)10(13-3)6-11(15)14-12/h4-5,10,13H,6H2,1-3H3,(H,14,15). The number of hydrogen-bond donors (Lipinski definition) is 2. The predicted octanol–water partition coefficient (Wildman–Crippen LogP) is 1.91. The molecule has 1 aromatic rings. The van der Waals surface area contributed by atoms with Crippen LogP contribution in [-0.4, -0.2) is 13.0 Å². The molecule has 0 radical (unpaired) electrons. The normalized spacial score (nSPS) is 19.7. The molecule has 80 valence electrons. The number of carbonyl (C=O) groups excluding carboxylic acids is 1. The number of anilines is 1. The van der Waals surface area contributed by atoms with Crippen molar-refractivity contribution in [3.8, 4) is 0 Å². The molecule has 0 aliphatic carbocycles. The van der Waals surface area contributed by atoms with Crippen LogP contribution in [0.3, 0.4) is 0 Å². The third-order valence-electron chi connectivity index (χ3n) is 2.89. The van der Waals surface area contributed by atoms with E-state index in [0.717, 1.165) is 11.3 Å². The van der Waals surface area contributed by atoms with Crippen LogP contribution in [0.1, 0.15) is 29.2 Å². The van der Waals surface area contributed by atoms with Crippen molar-refractivity contribution in [1.29, 1.82) is 0 Å². The van der Waals surface area contributed by atoms with E-state index < -0.39 is 0 Å². The van der Waals surface area contributed by atoms with E-state index in [2.05, 4.69) is 29.7 Å². The van der Waals surface area contributed by atoms with Crippen molar-refractivity contribution in [3.63, 3.8) is 0 Å². The summed E-state index contributed by atoms with van der Waals surface area (Å²) in [5.41, 5.74) is 4.56. The van der Waals surface area contributed by atoms with Gasteiger partial charge in [0.2, 0.25) is 5.91 Å². The van der Waals surface area contributed by atoms with Gasteiger partial charge in [0, 0.05) is 18.2 Å². The Morgan fingerprint density at radius 1 is 1.40 bits per heavy atom. The van der Waals surface area contributed by atoms with E-state index in [4.69, 9.17) is 0 Å². The molecule has 1 amide bonds. The van der Waals surface area contributed by atoms with Crippen molar-refractivity contribution in [2.24, 2.45) is 0 Å². The Kier molecular flexibility index (Phi) is 2.49. The molecule has 1 aliphatic heterocycles. The number of rotatable bonds is 1. The largest absolute Gasteiger partial charge is 0.325 e. The molecule has 0 bridgehead atoms. The summed E-state index contributed by atoms with van der Waals surface area (Å²) in [6.07, 6.45) is 0.520. The minimum atomic E-state index is 0.0915. The van der Waals surface area contributed by atoms with E-state index in [1.165, 1.54) is 11.1 Å². The summed E-state index contributed by atoms with van der Waals surface area (Å²) in [4.78, 5) is 11.5.